The van der Waals surface area contributed by atoms with Crippen molar-refractivity contribution in [1.82, 2.24) is 4.90 Å². The van der Waals surface area contributed by atoms with Gasteiger partial charge in [-0.15, -0.1) is 18.3 Å². The second-order valence-corrected chi connectivity index (χ2v) is 13.2. The van der Waals surface area contributed by atoms with Crippen molar-refractivity contribution in [2.24, 2.45) is 23.7 Å². The summed E-state index contributed by atoms with van der Waals surface area (Å²) in [4.78, 5) is 48.2. The number of nitrogens with zero attached hydrogens (tertiary/aromatic N) is 3. The van der Waals surface area contributed by atoms with Crippen molar-refractivity contribution in [3.05, 3.63) is 36.9 Å². The van der Waals surface area contributed by atoms with Gasteiger partial charge in [-0.05, 0) is 63.3 Å². The molecule has 0 aromatic heterocycles. The molecule has 1 N–H and O–H groups in total. The number of amides is 2. The van der Waals surface area contributed by atoms with E-state index in [0.717, 1.165) is 37.3 Å². The van der Waals surface area contributed by atoms with Crippen molar-refractivity contribution >= 4 is 40.9 Å². The highest BCUT2D eigenvalue weighted by molar-refractivity contribution is 8.02. The molecular formula is C32H47N3O5S. The second kappa shape index (κ2) is 12.8. The van der Waals surface area contributed by atoms with Crippen molar-refractivity contribution in [3.8, 4) is 0 Å². The first-order chi connectivity index (χ1) is 19.7. The number of ether oxygens (including phenoxy) is 1. The highest BCUT2D eigenvalue weighted by atomic mass is 32.2. The van der Waals surface area contributed by atoms with Gasteiger partial charge in [-0.3, -0.25) is 14.4 Å². The highest BCUT2D eigenvalue weighted by Gasteiger charge is 2.77. The third-order valence-corrected chi connectivity index (χ3v) is 11.8. The average Bonchev–Trinajstić information content (AvgIpc) is 3.57. The number of hydrogen-bond acceptors (Lipinski definition) is 7. The monoisotopic (exact) mass is 585 g/mol. The van der Waals surface area contributed by atoms with Crippen molar-refractivity contribution in [2.75, 3.05) is 42.6 Å². The number of benzene rings is 1. The van der Waals surface area contributed by atoms with Crippen molar-refractivity contribution in [3.63, 3.8) is 0 Å². The van der Waals surface area contributed by atoms with E-state index in [9.17, 15) is 19.5 Å². The van der Waals surface area contributed by atoms with E-state index in [-0.39, 0.29) is 54.6 Å². The summed E-state index contributed by atoms with van der Waals surface area (Å²) in [6.07, 6.45) is 3.18. The number of aliphatic hydroxyl groups excluding tert-OH is 1. The summed E-state index contributed by atoms with van der Waals surface area (Å²) in [7, 11) is 0. The molecular weight excluding hydrogens is 538 g/mol. The number of esters is 1. The maximum absolute atomic E-state index is 14.9. The number of likely N-dealkylation sites (tertiary alicyclic amines) is 1. The molecule has 226 valence electrons. The van der Waals surface area contributed by atoms with Crippen LogP contribution in [0.2, 0.25) is 0 Å². The number of thioether (sulfide) groups is 1. The van der Waals surface area contributed by atoms with E-state index in [2.05, 4.69) is 32.3 Å². The largest absolute Gasteiger partial charge is 0.466 e. The van der Waals surface area contributed by atoms with Crippen LogP contribution in [-0.2, 0) is 19.1 Å². The topological polar surface area (TPSA) is 90.4 Å². The molecule has 3 aliphatic heterocycles. The predicted molar refractivity (Wildman–Crippen MR) is 165 cm³/mol. The summed E-state index contributed by atoms with van der Waals surface area (Å²) in [6.45, 7) is 18.1. The van der Waals surface area contributed by atoms with E-state index >= 15 is 0 Å². The first-order valence-corrected chi connectivity index (χ1v) is 16.1. The van der Waals surface area contributed by atoms with Crippen molar-refractivity contribution in [1.29, 1.82) is 0 Å². The number of aliphatic hydroxyl groups is 1. The van der Waals surface area contributed by atoms with E-state index in [1.807, 2.05) is 38.1 Å². The van der Waals surface area contributed by atoms with Crippen LogP contribution in [0.25, 0.3) is 0 Å². The molecule has 8 atom stereocenters. The van der Waals surface area contributed by atoms with Crippen LogP contribution in [-0.4, -0.2) is 82.7 Å². The molecule has 2 bridgehead atoms. The second-order valence-electron chi connectivity index (χ2n) is 11.6. The molecule has 1 aromatic rings. The Morgan fingerprint density at radius 2 is 1.83 bits per heavy atom. The number of anilines is 2. The molecule has 8 nitrogen and oxygen atoms in total. The highest BCUT2D eigenvalue weighted by Crippen LogP contribution is 2.69. The van der Waals surface area contributed by atoms with Crippen molar-refractivity contribution < 1.29 is 24.2 Å². The lowest BCUT2D eigenvalue weighted by Gasteiger charge is -2.43. The molecule has 2 amide bonds. The van der Waals surface area contributed by atoms with E-state index in [4.69, 9.17) is 4.74 Å². The molecule has 0 saturated carbocycles. The minimum atomic E-state index is -0.821. The molecule has 0 radical (unpaired) electrons. The van der Waals surface area contributed by atoms with Crippen LogP contribution in [0.3, 0.4) is 0 Å². The van der Waals surface area contributed by atoms with Gasteiger partial charge in [0.25, 0.3) is 5.91 Å². The number of carbonyl (C=O) groups is 3. The lowest BCUT2D eigenvalue weighted by molar-refractivity contribution is -0.154. The third kappa shape index (κ3) is 5.07. The Balaban J connectivity index is 1.83. The van der Waals surface area contributed by atoms with Crippen LogP contribution in [0.1, 0.15) is 54.4 Å². The Morgan fingerprint density at radius 1 is 1.20 bits per heavy atom. The summed E-state index contributed by atoms with van der Waals surface area (Å²) < 4.78 is 4.69. The minimum Gasteiger partial charge on any atom is -0.466 e. The van der Waals surface area contributed by atoms with Crippen molar-refractivity contribution in [2.45, 2.75) is 76.5 Å². The van der Waals surface area contributed by atoms with Gasteiger partial charge in [0.1, 0.15) is 6.04 Å². The zero-order valence-electron chi connectivity index (χ0n) is 25.4. The molecule has 3 heterocycles. The normalized spacial score (nSPS) is 29.7. The maximum atomic E-state index is 14.9. The Labute approximate surface area is 249 Å². The number of hydrogen-bond donors (Lipinski definition) is 1. The summed E-state index contributed by atoms with van der Waals surface area (Å²) in [6, 6.07) is 6.59. The maximum Gasteiger partial charge on any atom is 0.310 e. The lowest BCUT2D eigenvalue weighted by atomic mass is 9.66. The molecule has 3 fully saturated rings. The first kappa shape index (κ1) is 31.4. The zero-order chi connectivity index (χ0) is 30.1. The summed E-state index contributed by atoms with van der Waals surface area (Å²) in [5, 5.41) is 10.5. The van der Waals surface area contributed by atoms with Gasteiger partial charge in [-0.1, -0.05) is 33.3 Å². The van der Waals surface area contributed by atoms with Gasteiger partial charge in [0, 0.05) is 36.3 Å². The third-order valence-electron chi connectivity index (χ3n) is 9.69. The van der Waals surface area contributed by atoms with Gasteiger partial charge in [0.2, 0.25) is 5.91 Å². The van der Waals surface area contributed by atoms with Crippen LogP contribution in [0.15, 0.2) is 36.9 Å². The van der Waals surface area contributed by atoms with Crippen LogP contribution in [0, 0.1) is 23.7 Å². The van der Waals surface area contributed by atoms with Gasteiger partial charge in [0.15, 0.2) is 0 Å². The Hall–Kier alpha value is -2.52. The standard InChI is InChI=1S/C32H47N3O5S/c1-8-17-34(23-15-13-22(14-16-23)33(10-3)11-4)30(38)28-32-21(7)18-25(41-32)26(31(39)40-12-5)27(32)29(37)35(28)24(19-36)20(6)9-2/h8,13-16,20-21,24-28,36H,1,9-12,17-19H2,2-7H3/t20-,21?,24-,25+,26-,27-,28?,32?/m0/s1. The molecule has 3 unspecified atom stereocenters. The summed E-state index contributed by atoms with van der Waals surface area (Å²) in [5.74, 6) is -2.02. The number of carbonyl (C=O) groups excluding carboxylic acids is 3. The van der Waals surface area contributed by atoms with Crippen LogP contribution in [0.5, 0.6) is 0 Å². The Bertz CT molecular complexity index is 1120. The van der Waals surface area contributed by atoms with E-state index in [0.29, 0.717) is 0 Å². The lowest BCUT2D eigenvalue weighted by Crippen LogP contribution is -2.60. The van der Waals surface area contributed by atoms with Gasteiger partial charge < -0.3 is 24.5 Å². The molecule has 9 heteroatoms. The quantitative estimate of drug-likeness (QED) is 0.272. The number of fused-ring (bicyclic) bond motifs is 1. The molecule has 41 heavy (non-hydrogen) atoms. The molecule has 1 aromatic carbocycles. The predicted octanol–water partition coefficient (Wildman–Crippen LogP) is 4.36. The van der Waals surface area contributed by atoms with E-state index < -0.39 is 28.7 Å². The van der Waals surface area contributed by atoms with Crippen LogP contribution >= 0.6 is 11.8 Å². The van der Waals surface area contributed by atoms with Gasteiger partial charge in [0.05, 0.1) is 35.8 Å². The summed E-state index contributed by atoms with van der Waals surface area (Å²) in [5.41, 5.74) is 1.81. The van der Waals surface area contributed by atoms with E-state index in [1.165, 1.54) is 0 Å². The first-order valence-electron chi connectivity index (χ1n) is 15.2. The SMILES string of the molecule is C=CCN(C(=O)C1N([C@@H](CO)[C@@H](C)CC)C(=O)[C@@H]2[C@@H](C(=O)OCC)[C@H]3CC(C)C12S3)c1ccc(N(CC)CC)cc1. The molecule has 3 saturated heterocycles. The van der Waals surface area contributed by atoms with Crippen LogP contribution < -0.4 is 9.80 Å². The van der Waals surface area contributed by atoms with E-state index in [1.54, 1.807) is 34.6 Å². The van der Waals surface area contributed by atoms with Gasteiger partial charge >= 0.3 is 5.97 Å². The zero-order valence-corrected chi connectivity index (χ0v) is 26.2. The van der Waals surface area contributed by atoms with Gasteiger partial charge in [-0.25, -0.2) is 0 Å². The van der Waals surface area contributed by atoms with Gasteiger partial charge in [-0.2, -0.15) is 0 Å². The fourth-order valence-electron chi connectivity index (χ4n) is 7.45. The molecule has 1 spiro atoms. The molecule has 4 rings (SSSR count). The Morgan fingerprint density at radius 3 is 2.37 bits per heavy atom. The smallest absolute Gasteiger partial charge is 0.310 e. The number of rotatable bonds is 13. The Kier molecular flexibility index (Phi) is 9.79. The fraction of sp³-hybridized carbons (Fsp3) is 0.656. The molecule has 0 aliphatic carbocycles. The minimum absolute atomic E-state index is 0.0305. The summed E-state index contributed by atoms with van der Waals surface area (Å²) >= 11 is 1.63. The fourth-order valence-corrected chi connectivity index (χ4v) is 9.84. The van der Waals surface area contributed by atoms with Crippen LogP contribution in [0.4, 0.5) is 11.4 Å². The average molecular weight is 586 g/mol. The molecule has 3 aliphatic rings.